The number of thioether (sulfide) groups is 1. The highest BCUT2D eigenvalue weighted by atomic mass is 35.5. The number of aromatic nitrogens is 1. The van der Waals surface area contributed by atoms with Crippen LogP contribution in [0.1, 0.15) is 27.5 Å². The molecule has 6 rings (SSSR count). The first-order valence-electron chi connectivity index (χ1n) is 13.1. The second kappa shape index (κ2) is 11.4. The number of hydrogen-bond acceptors (Lipinski definition) is 6. The van der Waals surface area contributed by atoms with Crippen molar-refractivity contribution < 1.29 is 27.6 Å². The average molecular weight is 679 g/mol. The van der Waals surface area contributed by atoms with Crippen LogP contribution in [0.3, 0.4) is 0 Å². The van der Waals surface area contributed by atoms with Crippen LogP contribution in [0, 0.1) is 12.8 Å². The lowest BCUT2D eigenvalue weighted by Gasteiger charge is -2.31. The maximum atomic E-state index is 14.0. The molecule has 1 fully saturated rings. The Morgan fingerprint density at radius 2 is 1.66 bits per heavy atom. The summed E-state index contributed by atoms with van der Waals surface area (Å²) in [5.41, 5.74) is 0.122. The summed E-state index contributed by atoms with van der Waals surface area (Å²) in [5.74, 6) is -4.44. The first-order chi connectivity index (χ1) is 20.9. The van der Waals surface area contributed by atoms with Crippen molar-refractivity contribution in [3.05, 3.63) is 108 Å². The molecular weight excluding hydrogens is 658 g/mol. The van der Waals surface area contributed by atoms with Gasteiger partial charge in [0.05, 0.1) is 32.2 Å². The SMILES string of the molecule is Cc1ccc(NC(=O)Cn2c3c(sc2=O)[C@H](c2cccc(Cl)c2Cl)C2C(=O)N(c4ccccc4C(F)(F)F)C(=O)C2S3)cc1. The summed E-state index contributed by atoms with van der Waals surface area (Å²) < 4.78 is 43.1. The van der Waals surface area contributed by atoms with E-state index in [1.54, 1.807) is 24.3 Å². The van der Waals surface area contributed by atoms with Gasteiger partial charge >= 0.3 is 11.0 Å². The molecule has 14 heteroatoms. The monoisotopic (exact) mass is 677 g/mol. The number of thiazole rings is 1. The molecule has 226 valence electrons. The van der Waals surface area contributed by atoms with Gasteiger partial charge in [0.1, 0.15) is 11.8 Å². The van der Waals surface area contributed by atoms with Crippen LogP contribution >= 0.6 is 46.3 Å². The number of imide groups is 1. The first kappa shape index (κ1) is 30.4. The number of para-hydroxylation sites is 1. The zero-order valence-corrected chi connectivity index (χ0v) is 25.7. The van der Waals surface area contributed by atoms with Gasteiger partial charge in [0.15, 0.2) is 0 Å². The zero-order valence-electron chi connectivity index (χ0n) is 22.5. The van der Waals surface area contributed by atoms with Crippen molar-refractivity contribution in [2.75, 3.05) is 10.2 Å². The molecule has 4 aromatic rings. The molecular formula is C30H20Cl2F3N3O4S2. The van der Waals surface area contributed by atoms with Crippen LogP contribution in [0.15, 0.2) is 76.6 Å². The second-order valence-corrected chi connectivity index (χ2v) is 13.2. The molecule has 3 amide bonds. The predicted molar refractivity (Wildman–Crippen MR) is 164 cm³/mol. The van der Waals surface area contributed by atoms with E-state index in [1.165, 1.54) is 22.8 Å². The molecule has 3 heterocycles. The third kappa shape index (κ3) is 5.23. The number of halogens is 5. The molecule has 0 bridgehead atoms. The molecule has 0 spiro atoms. The van der Waals surface area contributed by atoms with E-state index in [4.69, 9.17) is 23.2 Å². The lowest BCUT2D eigenvalue weighted by molar-refractivity contribution is -0.137. The van der Waals surface area contributed by atoms with Gasteiger partial charge in [0.2, 0.25) is 17.7 Å². The molecule has 0 saturated carbocycles. The van der Waals surface area contributed by atoms with Gasteiger partial charge in [-0.05, 0) is 42.8 Å². The third-order valence-electron chi connectivity index (χ3n) is 7.45. The van der Waals surface area contributed by atoms with Gasteiger partial charge in [-0.15, -0.1) is 0 Å². The number of nitrogens with zero attached hydrogens (tertiary/aromatic N) is 2. The fraction of sp³-hybridized carbons (Fsp3) is 0.200. The molecule has 7 nitrogen and oxygen atoms in total. The number of carbonyl (C=O) groups excluding carboxylic acids is 3. The Balaban J connectivity index is 1.46. The summed E-state index contributed by atoms with van der Waals surface area (Å²) in [7, 11) is 0. The highest BCUT2D eigenvalue weighted by Crippen LogP contribution is 2.55. The van der Waals surface area contributed by atoms with Crippen molar-refractivity contribution in [1.29, 1.82) is 0 Å². The highest BCUT2D eigenvalue weighted by molar-refractivity contribution is 8.00. The Morgan fingerprint density at radius 1 is 0.955 bits per heavy atom. The Hall–Kier alpha value is -3.58. The van der Waals surface area contributed by atoms with E-state index < -0.39 is 63.7 Å². The minimum Gasteiger partial charge on any atom is -0.325 e. The second-order valence-electron chi connectivity index (χ2n) is 10.2. The van der Waals surface area contributed by atoms with E-state index >= 15 is 0 Å². The van der Waals surface area contributed by atoms with E-state index in [9.17, 15) is 32.3 Å². The molecule has 1 aromatic heterocycles. The minimum atomic E-state index is -4.84. The van der Waals surface area contributed by atoms with E-state index in [-0.39, 0.29) is 15.1 Å². The van der Waals surface area contributed by atoms with Crippen molar-refractivity contribution >= 4 is 75.4 Å². The third-order valence-corrected chi connectivity index (χ3v) is 10.9. The highest BCUT2D eigenvalue weighted by Gasteiger charge is 2.58. The average Bonchev–Trinajstić information content (AvgIpc) is 3.41. The van der Waals surface area contributed by atoms with Crippen LogP contribution in [0.2, 0.25) is 10.0 Å². The quantitative estimate of drug-likeness (QED) is 0.230. The van der Waals surface area contributed by atoms with E-state index in [1.807, 2.05) is 19.1 Å². The van der Waals surface area contributed by atoms with Crippen LogP contribution in [0.5, 0.6) is 0 Å². The van der Waals surface area contributed by atoms with Crippen molar-refractivity contribution in [3.8, 4) is 0 Å². The van der Waals surface area contributed by atoms with Crippen molar-refractivity contribution in [3.63, 3.8) is 0 Å². The Kier molecular flexibility index (Phi) is 7.89. The lowest BCUT2D eigenvalue weighted by Crippen LogP contribution is -2.33. The number of benzene rings is 3. The molecule has 2 unspecified atom stereocenters. The number of alkyl halides is 3. The van der Waals surface area contributed by atoms with Crippen LogP contribution in [0.25, 0.3) is 0 Å². The summed E-state index contributed by atoms with van der Waals surface area (Å²) in [6, 6.07) is 16.1. The summed E-state index contributed by atoms with van der Waals surface area (Å²) in [4.78, 5) is 54.6. The molecule has 0 aliphatic carbocycles. The van der Waals surface area contributed by atoms with Crippen molar-refractivity contribution in [1.82, 2.24) is 4.57 Å². The molecule has 1 N–H and O–H groups in total. The first-order valence-corrected chi connectivity index (χ1v) is 15.6. The number of fused-ring (bicyclic) bond motifs is 2. The van der Waals surface area contributed by atoms with E-state index in [0.717, 1.165) is 40.8 Å². The summed E-state index contributed by atoms with van der Waals surface area (Å²) in [5, 5.41) is 2.01. The summed E-state index contributed by atoms with van der Waals surface area (Å²) in [6.45, 7) is 1.50. The Labute approximate surface area is 266 Å². The molecule has 2 aliphatic heterocycles. The van der Waals surface area contributed by atoms with Gasteiger partial charge in [-0.2, -0.15) is 13.2 Å². The number of nitrogens with one attached hydrogen (secondary N) is 1. The summed E-state index contributed by atoms with van der Waals surface area (Å²) in [6.07, 6.45) is -4.84. The molecule has 44 heavy (non-hydrogen) atoms. The van der Waals surface area contributed by atoms with Crippen molar-refractivity contribution in [2.45, 2.75) is 35.8 Å². The largest absolute Gasteiger partial charge is 0.418 e. The molecule has 0 radical (unpaired) electrons. The van der Waals surface area contributed by atoms with Gasteiger partial charge in [0.25, 0.3) is 0 Å². The van der Waals surface area contributed by atoms with Gasteiger partial charge in [-0.25, -0.2) is 4.90 Å². The fourth-order valence-electron chi connectivity index (χ4n) is 5.48. The summed E-state index contributed by atoms with van der Waals surface area (Å²) >= 11 is 14.6. The van der Waals surface area contributed by atoms with Crippen molar-refractivity contribution in [2.24, 2.45) is 5.92 Å². The number of amides is 3. The van der Waals surface area contributed by atoms with Gasteiger partial charge in [-0.3, -0.25) is 23.7 Å². The maximum absolute atomic E-state index is 14.0. The van der Waals surface area contributed by atoms with Crippen LogP contribution in [0.4, 0.5) is 24.5 Å². The van der Waals surface area contributed by atoms with Crippen LogP contribution in [-0.4, -0.2) is 27.5 Å². The number of rotatable bonds is 5. The van der Waals surface area contributed by atoms with E-state index in [0.29, 0.717) is 21.0 Å². The van der Waals surface area contributed by atoms with E-state index in [2.05, 4.69) is 5.32 Å². The Bertz CT molecular complexity index is 1890. The Morgan fingerprint density at radius 3 is 2.36 bits per heavy atom. The molecule has 3 aromatic carbocycles. The van der Waals surface area contributed by atoms with Gasteiger partial charge in [-0.1, -0.05) is 88.3 Å². The minimum absolute atomic E-state index is 0.0784. The topological polar surface area (TPSA) is 88.5 Å². The normalized spacial score (nSPS) is 19.6. The molecule has 1 saturated heterocycles. The fourth-order valence-corrected chi connectivity index (χ4v) is 8.67. The predicted octanol–water partition coefficient (Wildman–Crippen LogP) is 6.98. The number of aryl methyl sites for hydroxylation is 1. The number of carbonyl (C=O) groups is 3. The van der Waals surface area contributed by atoms with Crippen LogP contribution < -0.4 is 15.1 Å². The van der Waals surface area contributed by atoms with Gasteiger partial charge in [0, 0.05) is 16.5 Å². The van der Waals surface area contributed by atoms with Gasteiger partial charge < -0.3 is 5.32 Å². The number of hydrogen-bond donors (Lipinski definition) is 1. The lowest BCUT2D eigenvalue weighted by atomic mass is 9.83. The zero-order chi connectivity index (χ0) is 31.5. The maximum Gasteiger partial charge on any atom is 0.418 e. The molecule has 3 atom stereocenters. The van der Waals surface area contributed by atoms with Crippen LogP contribution in [-0.2, 0) is 27.1 Å². The molecule has 2 aliphatic rings. The smallest absolute Gasteiger partial charge is 0.325 e. The standard InChI is InChI=1S/C30H20Cl2F3N3O4S2/c1-14-9-11-15(12-10-14)36-20(39)13-37-28-25(44-29(37)42)21(16-5-4-7-18(31)23(16)32)22-24(43-28)27(41)38(26(22)40)19-8-3-2-6-17(19)30(33,34)35/h2-12,21-22,24H,13H2,1H3,(H,36,39)/t21-,22?,24?/m1/s1. The number of anilines is 2.